The van der Waals surface area contributed by atoms with Gasteiger partial charge in [0.1, 0.15) is 5.65 Å². The van der Waals surface area contributed by atoms with Crippen molar-refractivity contribution in [3.63, 3.8) is 0 Å². The lowest BCUT2D eigenvalue weighted by Crippen LogP contribution is -2.10. The van der Waals surface area contributed by atoms with Gasteiger partial charge in [-0.3, -0.25) is 9.13 Å². The third-order valence-electron chi connectivity index (χ3n) is 9.96. The van der Waals surface area contributed by atoms with Gasteiger partial charge < -0.3 is 0 Å². The van der Waals surface area contributed by atoms with Crippen LogP contribution in [0.4, 0.5) is 0 Å². The molecule has 0 unspecified atom stereocenters. The number of para-hydroxylation sites is 3. The van der Waals surface area contributed by atoms with E-state index >= 15 is 0 Å². The summed E-state index contributed by atoms with van der Waals surface area (Å²) in [6.07, 6.45) is 0. The first kappa shape index (κ1) is 28.3. The van der Waals surface area contributed by atoms with Crippen LogP contribution >= 0.6 is 11.8 Å². The van der Waals surface area contributed by atoms with Crippen LogP contribution < -0.4 is 0 Å². The minimum atomic E-state index is 0.579. The molecule has 51 heavy (non-hydrogen) atoms. The minimum absolute atomic E-state index is 0.579. The largest absolute Gasteiger partial charge is 0.293 e. The molecule has 3 aromatic heterocycles. The Bertz CT molecular complexity index is 3010. The van der Waals surface area contributed by atoms with E-state index < -0.39 is 0 Å². The highest BCUT2D eigenvalue weighted by Crippen LogP contribution is 2.49. The molecule has 1 aliphatic rings. The van der Waals surface area contributed by atoms with Crippen LogP contribution in [0.25, 0.3) is 89.2 Å². The van der Waals surface area contributed by atoms with Crippen LogP contribution in [-0.4, -0.2) is 24.1 Å². The fourth-order valence-electron chi connectivity index (χ4n) is 7.73. The fourth-order valence-corrected chi connectivity index (χ4v) is 8.83. The molecule has 7 aromatic carbocycles. The molecule has 10 aromatic rings. The summed E-state index contributed by atoms with van der Waals surface area (Å²) in [5, 5.41) is 5.82. The van der Waals surface area contributed by atoms with Crippen molar-refractivity contribution in [2.75, 3.05) is 0 Å². The third kappa shape index (κ3) is 4.27. The summed E-state index contributed by atoms with van der Waals surface area (Å²) in [6.45, 7) is 0. The number of hydrogen-bond acceptors (Lipinski definition) is 4. The standard InChI is InChI=1S/C45H27N5S/c1-2-13-28(14-3-1)30-17-10-18-31(27-30)42-46-43(33-21-11-16-29-15-4-5-19-32(29)33)48-45(47-42)50-36-23-7-6-20-34(36)40-35-22-12-26-39-41(35)49(44(40)50)37-24-8-9-25-38(37)51-39/h1-27H. The molecule has 0 bridgehead atoms. The van der Waals surface area contributed by atoms with Crippen molar-refractivity contribution in [1.82, 2.24) is 24.1 Å². The van der Waals surface area contributed by atoms with E-state index in [0.29, 0.717) is 17.6 Å². The van der Waals surface area contributed by atoms with Gasteiger partial charge in [0.2, 0.25) is 5.95 Å². The Labute approximate surface area is 297 Å². The van der Waals surface area contributed by atoms with Crippen molar-refractivity contribution < 1.29 is 0 Å². The second kappa shape index (κ2) is 11.0. The van der Waals surface area contributed by atoms with Crippen molar-refractivity contribution >= 4 is 55.4 Å². The van der Waals surface area contributed by atoms with Gasteiger partial charge >= 0.3 is 0 Å². The highest BCUT2D eigenvalue weighted by Gasteiger charge is 2.29. The van der Waals surface area contributed by atoms with Crippen LogP contribution in [0.2, 0.25) is 0 Å². The molecule has 5 nitrogen and oxygen atoms in total. The Balaban J connectivity index is 1.27. The molecule has 0 fully saturated rings. The van der Waals surface area contributed by atoms with E-state index in [-0.39, 0.29) is 0 Å². The zero-order valence-corrected chi connectivity index (χ0v) is 28.0. The maximum absolute atomic E-state index is 5.37. The predicted molar refractivity (Wildman–Crippen MR) is 209 cm³/mol. The molecule has 6 heteroatoms. The van der Waals surface area contributed by atoms with Gasteiger partial charge in [0.15, 0.2) is 11.6 Å². The first-order valence-electron chi connectivity index (χ1n) is 17.0. The summed E-state index contributed by atoms with van der Waals surface area (Å²) < 4.78 is 4.67. The van der Waals surface area contributed by atoms with Gasteiger partial charge in [-0.15, -0.1) is 0 Å². The van der Waals surface area contributed by atoms with Gasteiger partial charge in [0, 0.05) is 37.1 Å². The fraction of sp³-hybridized carbons (Fsp3) is 0. The Hall–Kier alpha value is -6.50. The SMILES string of the molecule is c1ccc(-c2cccc(-c3nc(-c4cccc5ccccc45)nc(-n4c5ccccc5c5c6cccc7c6n(c54)-c4ccccc4S7)n3)c2)cc1. The first-order valence-corrected chi connectivity index (χ1v) is 17.9. The number of benzene rings is 7. The van der Waals surface area contributed by atoms with E-state index in [0.717, 1.165) is 55.3 Å². The minimum Gasteiger partial charge on any atom is -0.293 e. The monoisotopic (exact) mass is 669 g/mol. The molecule has 0 spiro atoms. The van der Waals surface area contributed by atoms with Crippen molar-refractivity contribution in [2.45, 2.75) is 9.79 Å². The van der Waals surface area contributed by atoms with Gasteiger partial charge in [-0.2, -0.15) is 9.97 Å². The summed E-state index contributed by atoms with van der Waals surface area (Å²) in [5.74, 6) is 1.84. The predicted octanol–water partition coefficient (Wildman–Crippen LogP) is 11.5. The number of aromatic nitrogens is 5. The second-order valence-corrected chi connectivity index (χ2v) is 13.9. The molecule has 0 aliphatic carbocycles. The highest BCUT2D eigenvalue weighted by atomic mass is 32.2. The van der Waals surface area contributed by atoms with E-state index in [9.17, 15) is 0 Å². The van der Waals surface area contributed by atoms with Crippen LogP contribution in [0.5, 0.6) is 0 Å². The summed E-state index contributed by atoms with van der Waals surface area (Å²) in [7, 11) is 0. The quantitative estimate of drug-likeness (QED) is 0.187. The summed E-state index contributed by atoms with van der Waals surface area (Å²) >= 11 is 1.83. The summed E-state index contributed by atoms with van der Waals surface area (Å²) in [6, 6.07) is 57.6. The molecule has 4 heterocycles. The van der Waals surface area contributed by atoms with E-state index in [2.05, 4.69) is 167 Å². The smallest absolute Gasteiger partial charge is 0.239 e. The lowest BCUT2D eigenvalue weighted by Gasteiger charge is -2.20. The van der Waals surface area contributed by atoms with Gasteiger partial charge in [-0.05, 0) is 52.2 Å². The molecule has 0 amide bonds. The van der Waals surface area contributed by atoms with Crippen LogP contribution in [0.3, 0.4) is 0 Å². The average molecular weight is 670 g/mol. The third-order valence-corrected chi connectivity index (χ3v) is 11.1. The number of fused-ring (bicyclic) bond motifs is 8. The normalized spacial score (nSPS) is 12.2. The molecular formula is C45H27N5S. The van der Waals surface area contributed by atoms with Crippen molar-refractivity contribution in [2.24, 2.45) is 0 Å². The lowest BCUT2D eigenvalue weighted by atomic mass is 10.0. The molecule has 0 saturated heterocycles. The van der Waals surface area contributed by atoms with E-state index in [4.69, 9.17) is 15.0 Å². The summed E-state index contributed by atoms with van der Waals surface area (Å²) in [5.41, 5.74) is 8.62. The zero-order valence-electron chi connectivity index (χ0n) is 27.2. The van der Waals surface area contributed by atoms with E-state index in [1.807, 2.05) is 17.8 Å². The molecule has 0 N–H and O–H groups in total. The maximum atomic E-state index is 5.37. The van der Waals surface area contributed by atoms with Gasteiger partial charge in [-0.1, -0.05) is 145 Å². The Morgan fingerprint density at radius 1 is 0.451 bits per heavy atom. The van der Waals surface area contributed by atoms with Gasteiger partial charge in [0.05, 0.1) is 16.7 Å². The maximum Gasteiger partial charge on any atom is 0.239 e. The van der Waals surface area contributed by atoms with Gasteiger partial charge in [-0.25, -0.2) is 4.98 Å². The van der Waals surface area contributed by atoms with Crippen LogP contribution in [0, 0.1) is 0 Å². The Kier molecular flexibility index (Phi) is 6.12. The van der Waals surface area contributed by atoms with E-state index in [1.165, 1.54) is 26.1 Å². The first-order chi connectivity index (χ1) is 25.3. The molecule has 1 aliphatic heterocycles. The van der Waals surface area contributed by atoms with Crippen LogP contribution in [0.1, 0.15) is 0 Å². The second-order valence-electron chi connectivity index (χ2n) is 12.9. The average Bonchev–Trinajstić information content (AvgIpc) is 3.72. The number of hydrogen-bond donors (Lipinski definition) is 0. The van der Waals surface area contributed by atoms with Crippen molar-refractivity contribution in [3.05, 3.63) is 164 Å². The van der Waals surface area contributed by atoms with Crippen LogP contribution in [-0.2, 0) is 0 Å². The van der Waals surface area contributed by atoms with E-state index in [1.54, 1.807) is 0 Å². The van der Waals surface area contributed by atoms with Crippen molar-refractivity contribution in [3.8, 4) is 45.5 Å². The summed E-state index contributed by atoms with van der Waals surface area (Å²) in [4.78, 5) is 18.4. The highest BCUT2D eigenvalue weighted by molar-refractivity contribution is 7.99. The zero-order chi connectivity index (χ0) is 33.5. The molecule has 238 valence electrons. The number of nitrogens with zero attached hydrogens (tertiary/aromatic N) is 5. The lowest BCUT2D eigenvalue weighted by molar-refractivity contribution is 0.927. The molecule has 0 saturated carbocycles. The van der Waals surface area contributed by atoms with Gasteiger partial charge in [0.25, 0.3) is 0 Å². The van der Waals surface area contributed by atoms with Crippen molar-refractivity contribution in [1.29, 1.82) is 0 Å². The van der Waals surface area contributed by atoms with Crippen LogP contribution in [0.15, 0.2) is 174 Å². The molecule has 11 rings (SSSR count). The Morgan fingerprint density at radius 2 is 1.12 bits per heavy atom. The Morgan fingerprint density at radius 3 is 2.06 bits per heavy atom. The molecule has 0 radical (unpaired) electrons. The molecular weight excluding hydrogens is 643 g/mol. The number of rotatable bonds is 4. The topological polar surface area (TPSA) is 48.5 Å². The molecule has 0 atom stereocenters.